The summed E-state index contributed by atoms with van der Waals surface area (Å²) >= 11 is 0. The van der Waals surface area contributed by atoms with E-state index in [1.807, 2.05) is 25.1 Å². The van der Waals surface area contributed by atoms with Crippen LogP contribution in [-0.2, 0) is 0 Å². The fourth-order valence-electron chi connectivity index (χ4n) is 0.802. The molecule has 0 atom stereocenters. The molecule has 0 aliphatic heterocycles. The van der Waals surface area contributed by atoms with E-state index < -0.39 is 0 Å². The normalized spacial score (nSPS) is 9.33. The quantitative estimate of drug-likeness (QED) is 0.755. The highest BCUT2D eigenvalue weighted by Crippen LogP contribution is 1.94. The van der Waals surface area contributed by atoms with Gasteiger partial charge in [0.05, 0.1) is 6.61 Å². The van der Waals surface area contributed by atoms with Gasteiger partial charge in [-0.05, 0) is 26.2 Å². The van der Waals surface area contributed by atoms with E-state index in [1.165, 1.54) is 0 Å². The summed E-state index contributed by atoms with van der Waals surface area (Å²) in [4.78, 5) is 12.4. The molecule has 0 aliphatic rings. The van der Waals surface area contributed by atoms with Crippen molar-refractivity contribution in [3.63, 3.8) is 0 Å². The lowest BCUT2D eigenvalue weighted by atomic mass is 10.2. The zero-order valence-corrected chi connectivity index (χ0v) is 9.18. The molecule has 0 radical (unpaired) electrons. The summed E-state index contributed by atoms with van der Waals surface area (Å²) in [7, 11) is 3.85. The average molecular weight is 210 g/mol. The lowest BCUT2D eigenvalue weighted by Crippen LogP contribution is -2.15. The van der Waals surface area contributed by atoms with E-state index in [4.69, 9.17) is 10.8 Å². The summed E-state index contributed by atoms with van der Waals surface area (Å²) in [6, 6.07) is 8.76. The first-order valence-electron chi connectivity index (χ1n) is 4.68. The van der Waals surface area contributed by atoms with Crippen LogP contribution in [-0.4, -0.2) is 43.2 Å². The van der Waals surface area contributed by atoms with Crippen LogP contribution in [0.3, 0.4) is 0 Å². The van der Waals surface area contributed by atoms with E-state index in [1.54, 1.807) is 24.3 Å². The van der Waals surface area contributed by atoms with Gasteiger partial charge in [-0.25, -0.2) is 0 Å². The van der Waals surface area contributed by atoms with E-state index in [0.717, 1.165) is 6.54 Å². The number of hydrogen-bond donors (Lipinski definition) is 2. The molecule has 0 unspecified atom stereocenters. The zero-order chi connectivity index (χ0) is 11.7. The second-order valence-corrected chi connectivity index (χ2v) is 3.26. The van der Waals surface area contributed by atoms with Gasteiger partial charge in [-0.1, -0.05) is 18.2 Å². The fourth-order valence-corrected chi connectivity index (χ4v) is 0.802. The maximum atomic E-state index is 10.4. The van der Waals surface area contributed by atoms with Gasteiger partial charge < -0.3 is 15.7 Å². The van der Waals surface area contributed by atoms with Crippen molar-refractivity contribution >= 4 is 5.91 Å². The van der Waals surface area contributed by atoms with E-state index >= 15 is 0 Å². The van der Waals surface area contributed by atoms with Gasteiger partial charge in [-0.3, -0.25) is 4.79 Å². The number of aliphatic hydroxyl groups is 1. The van der Waals surface area contributed by atoms with Crippen molar-refractivity contribution in [1.29, 1.82) is 0 Å². The molecular weight excluding hydrogens is 192 g/mol. The van der Waals surface area contributed by atoms with Crippen molar-refractivity contribution in [3.8, 4) is 0 Å². The van der Waals surface area contributed by atoms with Gasteiger partial charge in [0, 0.05) is 12.1 Å². The smallest absolute Gasteiger partial charge is 0.248 e. The molecule has 0 saturated heterocycles. The third-order valence-corrected chi connectivity index (χ3v) is 1.61. The summed E-state index contributed by atoms with van der Waals surface area (Å²) < 4.78 is 0. The van der Waals surface area contributed by atoms with Crippen LogP contribution in [0.2, 0.25) is 0 Å². The highest BCUT2D eigenvalue weighted by Gasteiger charge is 1.93. The van der Waals surface area contributed by atoms with E-state index in [9.17, 15) is 4.79 Å². The number of nitrogens with two attached hydrogens (primary N) is 1. The van der Waals surface area contributed by atoms with Crippen molar-refractivity contribution in [2.75, 3.05) is 27.2 Å². The second-order valence-electron chi connectivity index (χ2n) is 3.26. The van der Waals surface area contributed by atoms with Gasteiger partial charge in [-0.2, -0.15) is 0 Å². The van der Waals surface area contributed by atoms with E-state index in [-0.39, 0.29) is 12.5 Å². The molecule has 0 fully saturated rings. The highest BCUT2D eigenvalue weighted by molar-refractivity contribution is 5.92. The predicted molar refractivity (Wildman–Crippen MR) is 60.6 cm³/mol. The van der Waals surface area contributed by atoms with Crippen LogP contribution in [0.5, 0.6) is 0 Å². The van der Waals surface area contributed by atoms with Gasteiger partial charge in [0.15, 0.2) is 0 Å². The van der Waals surface area contributed by atoms with Crippen LogP contribution in [0.25, 0.3) is 0 Å². The SMILES string of the molecule is CN(C)CCO.NC(=O)c1ccccc1. The third kappa shape index (κ3) is 7.66. The summed E-state index contributed by atoms with van der Waals surface area (Å²) in [5, 5.41) is 8.20. The number of likely N-dealkylation sites (N-methyl/N-ethyl adjacent to an activating group) is 1. The maximum Gasteiger partial charge on any atom is 0.248 e. The molecule has 1 aromatic carbocycles. The van der Waals surface area contributed by atoms with Gasteiger partial charge in [0.2, 0.25) is 5.91 Å². The van der Waals surface area contributed by atoms with Crippen LogP contribution in [0.4, 0.5) is 0 Å². The molecule has 1 amide bonds. The minimum absolute atomic E-state index is 0.257. The first kappa shape index (κ1) is 13.6. The Morgan fingerprint density at radius 3 is 2.07 bits per heavy atom. The number of amides is 1. The Morgan fingerprint density at radius 2 is 1.87 bits per heavy atom. The molecule has 0 aromatic heterocycles. The Kier molecular flexibility index (Phi) is 7.23. The third-order valence-electron chi connectivity index (χ3n) is 1.61. The van der Waals surface area contributed by atoms with Crippen molar-refractivity contribution < 1.29 is 9.90 Å². The van der Waals surface area contributed by atoms with Crippen LogP contribution in [0.15, 0.2) is 30.3 Å². The van der Waals surface area contributed by atoms with Crippen LogP contribution >= 0.6 is 0 Å². The lowest BCUT2D eigenvalue weighted by Gasteiger charge is -2.03. The second kappa shape index (κ2) is 7.96. The standard InChI is InChI=1S/C7H7NO.C4H11NO/c8-7(9)6-4-2-1-3-5-6;1-5(2)3-4-6/h1-5H,(H2,8,9);6H,3-4H2,1-2H3. The minimum Gasteiger partial charge on any atom is -0.395 e. The summed E-state index contributed by atoms with van der Waals surface area (Å²) in [5.74, 6) is -0.379. The molecule has 3 N–H and O–H groups in total. The molecule has 1 rings (SSSR count). The van der Waals surface area contributed by atoms with Gasteiger partial charge in [0.25, 0.3) is 0 Å². The van der Waals surface area contributed by atoms with E-state index in [2.05, 4.69) is 0 Å². The molecule has 0 bridgehead atoms. The van der Waals surface area contributed by atoms with Crippen molar-refractivity contribution in [2.24, 2.45) is 5.73 Å². The molecule has 0 aliphatic carbocycles. The maximum absolute atomic E-state index is 10.4. The Balaban J connectivity index is 0.000000288. The topological polar surface area (TPSA) is 66.6 Å². The number of rotatable bonds is 3. The molecule has 1 aromatic rings. The Labute approximate surface area is 90.3 Å². The molecular formula is C11H18N2O2. The summed E-state index contributed by atoms with van der Waals surface area (Å²) in [6.07, 6.45) is 0. The van der Waals surface area contributed by atoms with Crippen molar-refractivity contribution in [1.82, 2.24) is 4.90 Å². The number of primary amides is 1. The van der Waals surface area contributed by atoms with Crippen molar-refractivity contribution in [2.45, 2.75) is 0 Å². The van der Waals surface area contributed by atoms with Crippen molar-refractivity contribution in [3.05, 3.63) is 35.9 Å². The lowest BCUT2D eigenvalue weighted by molar-refractivity contribution is 0.100. The molecule has 4 nitrogen and oxygen atoms in total. The summed E-state index contributed by atoms with van der Waals surface area (Å²) in [5.41, 5.74) is 5.53. The molecule has 4 heteroatoms. The number of benzene rings is 1. The Hall–Kier alpha value is -1.39. The Bertz CT molecular complexity index is 273. The van der Waals surface area contributed by atoms with Gasteiger partial charge in [0.1, 0.15) is 0 Å². The molecule has 15 heavy (non-hydrogen) atoms. The monoisotopic (exact) mass is 210 g/mol. The predicted octanol–water partition coefficient (Wildman–Crippen LogP) is 0.326. The van der Waals surface area contributed by atoms with Gasteiger partial charge in [-0.15, -0.1) is 0 Å². The summed E-state index contributed by atoms with van der Waals surface area (Å²) in [6.45, 7) is 1.02. The molecule has 0 spiro atoms. The van der Waals surface area contributed by atoms with Crippen LogP contribution in [0.1, 0.15) is 10.4 Å². The fraction of sp³-hybridized carbons (Fsp3) is 0.364. The minimum atomic E-state index is -0.379. The first-order chi connectivity index (χ1) is 7.07. The van der Waals surface area contributed by atoms with Crippen LogP contribution < -0.4 is 5.73 Å². The molecule has 0 saturated carbocycles. The number of nitrogens with zero attached hydrogens (tertiary/aromatic N) is 1. The first-order valence-corrected chi connectivity index (χ1v) is 4.68. The number of carbonyl (C=O) groups is 1. The molecule has 84 valence electrons. The highest BCUT2D eigenvalue weighted by atomic mass is 16.3. The van der Waals surface area contributed by atoms with E-state index in [0.29, 0.717) is 5.56 Å². The number of hydrogen-bond acceptors (Lipinski definition) is 3. The number of carbonyl (C=O) groups excluding carboxylic acids is 1. The molecule has 0 heterocycles. The largest absolute Gasteiger partial charge is 0.395 e. The zero-order valence-electron chi connectivity index (χ0n) is 9.18. The van der Waals surface area contributed by atoms with Crippen LogP contribution in [0, 0.1) is 0 Å². The average Bonchev–Trinajstić information content (AvgIpc) is 2.20. The van der Waals surface area contributed by atoms with Gasteiger partial charge >= 0.3 is 0 Å². The number of aliphatic hydroxyl groups excluding tert-OH is 1. The Morgan fingerprint density at radius 1 is 1.33 bits per heavy atom.